The molecular weight excluding hydrogens is 462 g/mol. The van der Waals surface area contributed by atoms with Crippen LogP contribution in [-0.2, 0) is 0 Å². The van der Waals surface area contributed by atoms with Crippen LogP contribution in [0.1, 0.15) is 45.6 Å². The summed E-state index contributed by atoms with van der Waals surface area (Å²) < 4.78 is 16.8. The summed E-state index contributed by atoms with van der Waals surface area (Å²) in [5.74, 6) is 3.44. The molecular formula is C26H37N5O3S. The number of ether oxygens (including phenoxy) is 2. The van der Waals surface area contributed by atoms with E-state index in [1.165, 1.54) is 19.3 Å². The Bertz CT molecular complexity index is 1090. The Morgan fingerprint density at radius 2 is 1.80 bits per heavy atom. The number of benzene rings is 1. The second-order valence-corrected chi connectivity index (χ2v) is 10.9. The van der Waals surface area contributed by atoms with Crippen molar-refractivity contribution in [1.82, 2.24) is 19.7 Å². The molecule has 2 N–H and O–H groups in total. The number of rotatable bonds is 9. The Balaban J connectivity index is 0.00000167. The van der Waals surface area contributed by atoms with E-state index in [4.69, 9.17) is 14.6 Å². The molecule has 1 aliphatic rings. The molecule has 35 heavy (non-hydrogen) atoms. The second-order valence-electron chi connectivity index (χ2n) is 9.65. The maximum Gasteiger partial charge on any atom is 0.239 e. The van der Waals surface area contributed by atoms with Gasteiger partial charge in [-0.2, -0.15) is 0 Å². The van der Waals surface area contributed by atoms with Crippen molar-refractivity contribution in [2.75, 3.05) is 26.1 Å². The number of aryl methyl sites for hydroxylation is 1. The van der Waals surface area contributed by atoms with E-state index < -0.39 is 0 Å². The molecule has 1 aromatic carbocycles. The van der Waals surface area contributed by atoms with Crippen molar-refractivity contribution >= 4 is 17.9 Å². The lowest BCUT2D eigenvalue weighted by atomic mass is 9.63. The van der Waals surface area contributed by atoms with Gasteiger partial charge in [0.1, 0.15) is 17.2 Å². The van der Waals surface area contributed by atoms with Crippen LogP contribution < -0.4 is 14.2 Å². The molecule has 9 heteroatoms. The van der Waals surface area contributed by atoms with E-state index in [-0.39, 0.29) is 0 Å². The van der Waals surface area contributed by atoms with Crippen LogP contribution in [-0.4, -0.2) is 51.4 Å². The molecule has 190 valence electrons. The normalized spacial score (nSPS) is 15.4. The van der Waals surface area contributed by atoms with Gasteiger partial charge in [-0.3, -0.25) is 14.3 Å². The summed E-state index contributed by atoms with van der Waals surface area (Å²) in [5.41, 5.74) is 3.17. The molecule has 0 saturated heterocycles. The minimum absolute atomic E-state index is 0.444. The van der Waals surface area contributed by atoms with E-state index in [9.17, 15) is 0 Å². The highest BCUT2D eigenvalue weighted by atomic mass is 32.2. The van der Waals surface area contributed by atoms with Gasteiger partial charge in [0, 0.05) is 30.3 Å². The quantitative estimate of drug-likeness (QED) is 0.371. The molecule has 2 heterocycles. The van der Waals surface area contributed by atoms with Gasteiger partial charge in [0.15, 0.2) is 5.82 Å². The van der Waals surface area contributed by atoms with E-state index >= 15 is 0 Å². The molecule has 8 nitrogen and oxygen atoms in total. The Labute approximate surface area is 212 Å². The van der Waals surface area contributed by atoms with E-state index in [0.29, 0.717) is 33.9 Å². The monoisotopic (exact) mass is 499 g/mol. The molecule has 1 saturated carbocycles. The predicted molar refractivity (Wildman–Crippen MR) is 142 cm³/mol. The zero-order valence-electron chi connectivity index (χ0n) is 21.7. The van der Waals surface area contributed by atoms with Crippen molar-refractivity contribution in [3.63, 3.8) is 0 Å². The number of hydrogen-bond acceptors (Lipinski definition) is 8. The molecule has 1 aliphatic carbocycles. The molecule has 3 aromatic rings. The van der Waals surface area contributed by atoms with Gasteiger partial charge in [0.05, 0.1) is 14.2 Å². The number of anilines is 1. The highest BCUT2D eigenvalue weighted by Crippen LogP contribution is 2.47. The first kappa shape index (κ1) is 26.8. The minimum atomic E-state index is 0.444. The molecule has 2 aromatic heterocycles. The van der Waals surface area contributed by atoms with Gasteiger partial charge in [0.2, 0.25) is 5.95 Å². The summed E-state index contributed by atoms with van der Waals surface area (Å²) in [6.07, 6.45) is 7.41. The van der Waals surface area contributed by atoms with Crippen molar-refractivity contribution in [2.45, 2.75) is 52.2 Å². The van der Waals surface area contributed by atoms with Crippen LogP contribution in [0.15, 0.2) is 36.7 Å². The van der Waals surface area contributed by atoms with Gasteiger partial charge >= 0.3 is 0 Å². The average Bonchev–Trinajstić information content (AvgIpc) is 3.25. The van der Waals surface area contributed by atoms with Crippen LogP contribution in [0, 0.1) is 18.3 Å². The van der Waals surface area contributed by atoms with E-state index in [2.05, 4.69) is 40.7 Å². The van der Waals surface area contributed by atoms with Crippen LogP contribution in [0.5, 0.6) is 11.5 Å². The molecule has 1 fully saturated rings. The lowest BCUT2D eigenvalue weighted by molar-refractivity contribution is 0.0905. The first-order valence-electron chi connectivity index (χ1n) is 11.8. The van der Waals surface area contributed by atoms with Crippen LogP contribution in [0.25, 0.3) is 17.1 Å². The van der Waals surface area contributed by atoms with Crippen LogP contribution >= 0.6 is 11.9 Å². The standard InChI is InChI=1S/C25H33N5O2S.CH4O/c1-16-10-19(15-26-14-16)23-27-28-24(29-33-17(2)11-18-12-25(3,4)13-18)30(23)22-20(31-5)8-7-9-21(22)32-6;1-2/h7-10,14-15,17-18H,11-13H2,1-6H3,(H,28,29);2H,1H3. The summed E-state index contributed by atoms with van der Waals surface area (Å²) >= 11 is 1.68. The Kier molecular flexibility index (Phi) is 9.02. The molecule has 1 unspecified atom stereocenters. The number of aliphatic hydroxyl groups excluding tert-OH is 1. The van der Waals surface area contributed by atoms with Gasteiger partial charge in [0.25, 0.3) is 0 Å². The van der Waals surface area contributed by atoms with E-state index in [0.717, 1.165) is 29.8 Å². The first-order valence-corrected chi connectivity index (χ1v) is 12.6. The fraction of sp³-hybridized carbons (Fsp3) is 0.500. The average molecular weight is 500 g/mol. The number of nitrogens with zero attached hydrogens (tertiary/aromatic N) is 4. The Hall–Kier alpha value is -2.78. The van der Waals surface area contributed by atoms with Gasteiger partial charge < -0.3 is 14.6 Å². The zero-order chi connectivity index (χ0) is 25.6. The fourth-order valence-corrected chi connectivity index (χ4v) is 5.63. The van der Waals surface area contributed by atoms with Crippen molar-refractivity contribution in [2.24, 2.45) is 11.3 Å². The fourth-order valence-electron chi connectivity index (χ4n) is 4.82. The molecule has 0 bridgehead atoms. The molecule has 0 aliphatic heterocycles. The second kappa shape index (κ2) is 11.8. The van der Waals surface area contributed by atoms with E-state index in [1.807, 2.05) is 42.0 Å². The van der Waals surface area contributed by atoms with Crippen LogP contribution in [0.4, 0.5) is 5.95 Å². The number of aliphatic hydroxyl groups is 1. The topological polar surface area (TPSA) is 94.3 Å². The van der Waals surface area contributed by atoms with Gasteiger partial charge in [-0.1, -0.05) is 26.8 Å². The number of hydrogen-bond donors (Lipinski definition) is 2. The lowest BCUT2D eigenvalue weighted by Gasteiger charge is -2.43. The predicted octanol–water partition coefficient (Wildman–Crippen LogP) is 5.54. The summed E-state index contributed by atoms with van der Waals surface area (Å²) in [5, 5.41) is 16.5. The summed E-state index contributed by atoms with van der Waals surface area (Å²) in [6.45, 7) is 8.98. The largest absolute Gasteiger partial charge is 0.494 e. The van der Waals surface area contributed by atoms with Gasteiger partial charge in [-0.05, 0) is 73.2 Å². The Morgan fingerprint density at radius 3 is 2.37 bits per heavy atom. The third-order valence-corrected chi connectivity index (χ3v) is 7.02. The highest BCUT2D eigenvalue weighted by molar-refractivity contribution is 8.01. The molecule has 1 atom stereocenters. The third kappa shape index (κ3) is 6.27. The van der Waals surface area contributed by atoms with Crippen LogP contribution in [0.2, 0.25) is 0 Å². The summed E-state index contributed by atoms with van der Waals surface area (Å²) in [6, 6.07) is 7.78. The van der Waals surface area contributed by atoms with Gasteiger partial charge in [-0.25, -0.2) is 0 Å². The molecule has 0 spiro atoms. The number of aromatic nitrogens is 4. The third-order valence-electron chi connectivity index (χ3n) is 6.12. The maximum absolute atomic E-state index is 7.00. The van der Waals surface area contributed by atoms with Crippen LogP contribution in [0.3, 0.4) is 0 Å². The summed E-state index contributed by atoms with van der Waals surface area (Å²) in [7, 11) is 4.31. The molecule has 0 amide bonds. The van der Waals surface area contributed by atoms with Crippen molar-refractivity contribution in [3.8, 4) is 28.6 Å². The summed E-state index contributed by atoms with van der Waals surface area (Å²) in [4.78, 5) is 4.35. The SMILES string of the molecule is CO.COc1cccc(OC)c1-n1c(NSC(C)CC2CC(C)(C)C2)nnc1-c1cncc(C)c1. The molecule has 0 radical (unpaired) electrons. The van der Waals surface area contributed by atoms with Gasteiger partial charge in [-0.15, -0.1) is 10.2 Å². The highest BCUT2D eigenvalue weighted by Gasteiger charge is 2.36. The number of pyridine rings is 1. The number of methoxy groups -OCH3 is 2. The molecule has 4 rings (SSSR count). The van der Waals surface area contributed by atoms with Crippen molar-refractivity contribution in [1.29, 1.82) is 0 Å². The smallest absolute Gasteiger partial charge is 0.239 e. The maximum atomic E-state index is 7.00. The van der Waals surface area contributed by atoms with E-state index in [1.54, 1.807) is 32.4 Å². The zero-order valence-corrected chi connectivity index (χ0v) is 22.5. The number of nitrogens with one attached hydrogen (secondary N) is 1. The first-order chi connectivity index (χ1) is 16.8. The number of para-hydroxylation sites is 1. The minimum Gasteiger partial charge on any atom is -0.494 e. The van der Waals surface area contributed by atoms with Crippen molar-refractivity contribution < 1.29 is 14.6 Å². The lowest BCUT2D eigenvalue weighted by Crippen LogP contribution is -2.33. The Morgan fingerprint density at radius 1 is 1.14 bits per heavy atom. The van der Waals surface area contributed by atoms with Crippen molar-refractivity contribution in [3.05, 3.63) is 42.2 Å².